The molecule has 1 N–H and O–H groups in total. The van der Waals surface area contributed by atoms with Crippen LogP contribution in [0, 0.1) is 13.8 Å². The Hall–Kier alpha value is -4.19. The number of nitrogens with zero attached hydrogens (tertiary/aromatic N) is 5. The van der Waals surface area contributed by atoms with Crippen LogP contribution in [0.25, 0.3) is 33.3 Å². The van der Waals surface area contributed by atoms with E-state index < -0.39 is 0 Å². The lowest BCUT2D eigenvalue weighted by Crippen LogP contribution is -2.03. The van der Waals surface area contributed by atoms with Gasteiger partial charge in [-0.15, -0.1) is 0 Å². The molecule has 6 nitrogen and oxygen atoms in total. The third-order valence-electron chi connectivity index (χ3n) is 5.32. The van der Waals surface area contributed by atoms with Gasteiger partial charge >= 0.3 is 0 Å². The van der Waals surface area contributed by atoms with Gasteiger partial charge in [0.2, 0.25) is 0 Å². The molecule has 0 aliphatic heterocycles. The minimum Gasteiger partial charge on any atom is -0.365 e. The lowest BCUT2D eigenvalue weighted by molar-refractivity contribution is 1.09. The van der Waals surface area contributed by atoms with Crippen molar-refractivity contribution in [2.75, 3.05) is 5.32 Å². The van der Waals surface area contributed by atoms with Crippen LogP contribution < -0.4 is 5.32 Å². The molecule has 5 heterocycles. The second-order valence-corrected chi connectivity index (χ2v) is 7.73. The third kappa shape index (κ3) is 4.16. The normalized spacial score (nSPS) is 10.9. The summed E-state index contributed by atoms with van der Waals surface area (Å²) in [5, 5.41) is 5.50. The molecule has 32 heavy (non-hydrogen) atoms. The van der Waals surface area contributed by atoms with E-state index in [9.17, 15) is 0 Å². The van der Waals surface area contributed by atoms with Gasteiger partial charge < -0.3 is 5.32 Å². The predicted octanol–water partition coefficient (Wildman–Crippen LogP) is 5.38. The van der Waals surface area contributed by atoms with E-state index in [1.165, 1.54) is 0 Å². The highest BCUT2D eigenvalue weighted by atomic mass is 15.0. The summed E-state index contributed by atoms with van der Waals surface area (Å²) in [5.41, 5.74) is 7.01. The quantitative estimate of drug-likeness (QED) is 0.413. The summed E-state index contributed by atoms with van der Waals surface area (Å²) < 4.78 is 0. The number of pyridine rings is 5. The topological polar surface area (TPSA) is 76.5 Å². The van der Waals surface area contributed by atoms with E-state index in [-0.39, 0.29) is 0 Å². The van der Waals surface area contributed by atoms with Gasteiger partial charge in [0.05, 0.1) is 11.4 Å². The SMILES string of the molecule is Cc1cc(-c2ccc(CNc3nccc4cc(-c5ccnc(C)c5)ncc34)cn2)ccn1. The van der Waals surface area contributed by atoms with Crippen LogP contribution in [0.4, 0.5) is 5.82 Å². The summed E-state index contributed by atoms with van der Waals surface area (Å²) >= 11 is 0. The molecule has 0 radical (unpaired) electrons. The lowest BCUT2D eigenvalue weighted by atomic mass is 10.1. The maximum absolute atomic E-state index is 4.66. The van der Waals surface area contributed by atoms with Crippen molar-refractivity contribution < 1.29 is 0 Å². The first-order chi connectivity index (χ1) is 15.7. The van der Waals surface area contributed by atoms with Gasteiger partial charge in [-0.3, -0.25) is 19.9 Å². The largest absolute Gasteiger partial charge is 0.365 e. The molecule has 0 saturated carbocycles. The molecule has 0 aliphatic carbocycles. The van der Waals surface area contributed by atoms with E-state index in [4.69, 9.17) is 0 Å². The molecular weight excluding hydrogens is 396 g/mol. The Balaban J connectivity index is 1.35. The van der Waals surface area contributed by atoms with E-state index in [1.807, 2.05) is 81.2 Å². The van der Waals surface area contributed by atoms with Crippen LogP contribution in [-0.2, 0) is 6.54 Å². The van der Waals surface area contributed by atoms with Crippen LogP contribution >= 0.6 is 0 Å². The van der Waals surface area contributed by atoms with Gasteiger partial charge in [-0.1, -0.05) is 6.07 Å². The minimum absolute atomic E-state index is 0.625. The summed E-state index contributed by atoms with van der Waals surface area (Å²) in [5.74, 6) is 0.807. The molecule has 0 unspecified atom stereocenters. The van der Waals surface area contributed by atoms with E-state index in [0.29, 0.717) is 6.54 Å². The van der Waals surface area contributed by atoms with Crippen LogP contribution in [0.15, 0.2) is 79.5 Å². The van der Waals surface area contributed by atoms with Crippen LogP contribution in [0.3, 0.4) is 0 Å². The number of aryl methyl sites for hydroxylation is 2. The van der Waals surface area contributed by atoms with Gasteiger partial charge in [0.1, 0.15) is 5.82 Å². The number of fused-ring (bicyclic) bond motifs is 1. The molecule has 6 heteroatoms. The minimum atomic E-state index is 0.625. The second-order valence-electron chi connectivity index (χ2n) is 7.73. The summed E-state index contributed by atoms with van der Waals surface area (Å²) in [4.78, 5) is 22.3. The van der Waals surface area contributed by atoms with Gasteiger partial charge in [0.15, 0.2) is 0 Å². The summed E-state index contributed by atoms with van der Waals surface area (Å²) in [6.07, 6.45) is 9.21. The average molecular weight is 419 g/mol. The highest BCUT2D eigenvalue weighted by Crippen LogP contribution is 2.26. The number of hydrogen-bond donors (Lipinski definition) is 1. The molecule has 5 rings (SSSR count). The van der Waals surface area contributed by atoms with Crippen LogP contribution in [0.1, 0.15) is 17.0 Å². The lowest BCUT2D eigenvalue weighted by Gasteiger charge is -2.10. The van der Waals surface area contributed by atoms with Crippen molar-refractivity contribution in [3.05, 3.63) is 96.5 Å². The highest BCUT2D eigenvalue weighted by Gasteiger charge is 2.07. The van der Waals surface area contributed by atoms with E-state index in [1.54, 1.807) is 0 Å². The Morgan fingerprint density at radius 3 is 2.03 bits per heavy atom. The smallest absolute Gasteiger partial charge is 0.135 e. The molecule has 5 aromatic rings. The second kappa shape index (κ2) is 8.51. The zero-order valence-electron chi connectivity index (χ0n) is 17.9. The van der Waals surface area contributed by atoms with Crippen molar-refractivity contribution in [3.8, 4) is 22.5 Å². The van der Waals surface area contributed by atoms with Gasteiger partial charge in [-0.2, -0.15) is 0 Å². The maximum atomic E-state index is 4.66. The average Bonchev–Trinajstić information content (AvgIpc) is 2.82. The molecule has 0 bridgehead atoms. The third-order valence-corrected chi connectivity index (χ3v) is 5.32. The van der Waals surface area contributed by atoms with Gasteiger partial charge in [0.25, 0.3) is 0 Å². The van der Waals surface area contributed by atoms with Crippen LogP contribution in [0.2, 0.25) is 0 Å². The Bertz CT molecular complexity index is 1400. The van der Waals surface area contributed by atoms with Gasteiger partial charge in [0, 0.05) is 65.4 Å². The fourth-order valence-electron chi connectivity index (χ4n) is 3.66. The molecule has 0 spiro atoms. The number of rotatable bonds is 5. The number of nitrogens with one attached hydrogen (secondary N) is 1. The van der Waals surface area contributed by atoms with E-state index in [0.717, 1.165) is 56.1 Å². The molecule has 156 valence electrons. The van der Waals surface area contributed by atoms with Crippen molar-refractivity contribution in [1.29, 1.82) is 0 Å². The summed E-state index contributed by atoms with van der Waals surface area (Å²) in [7, 11) is 0. The van der Waals surface area contributed by atoms with Crippen molar-refractivity contribution >= 4 is 16.6 Å². The van der Waals surface area contributed by atoms with Crippen molar-refractivity contribution in [1.82, 2.24) is 24.9 Å². The predicted molar refractivity (Wildman–Crippen MR) is 127 cm³/mol. The van der Waals surface area contributed by atoms with Gasteiger partial charge in [-0.25, -0.2) is 4.98 Å². The Labute approximate surface area is 186 Å². The highest BCUT2D eigenvalue weighted by molar-refractivity contribution is 5.93. The first-order valence-corrected chi connectivity index (χ1v) is 10.5. The monoisotopic (exact) mass is 418 g/mol. The van der Waals surface area contributed by atoms with E-state index >= 15 is 0 Å². The standard InChI is InChI=1S/C26H22N6/c1-17-11-21(6-8-27-17)24-4-3-19(14-30-24)15-32-26-23-16-31-25(13-20(23)5-10-29-26)22-7-9-28-18(2)12-22/h3-14,16H,15H2,1-2H3,(H,29,32). The molecule has 0 aromatic carbocycles. The Morgan fingerprint density at radius 2 is 1.34 bits per heavy atom. The van der Waals surface area contributed by atoms with Gasteiger partial charge in [-0.05, 0) is 67.3 Å². The molecule has 0 amide bonds. The number of aromatic nitrogens is 5. The van der Waals surface area contributed by atoms with E-state index in [2.05, 4.69) is 42.4 Å². The number of anilines is 1. The van der Waals surface area contributed by atoms with Crippen molar-refractivity contribution in [2.24, 2.45) is 0 Å². The first-order valence-electron chi connectivity index (χ1n) is 10.5. The molecule has 5 aromatic heterocycles. The van der Waals surface area contributed by atoms with Crippen molar-refractivity contribution in [2.45, 2.75) is 20.4 Å². The first kappa shape index (κ1) is 19.8. The Morgan fingerprint density at radius 1 is 0.656 bits per heavy atom. The van der Waals surface area contributed by atoms with Crippen LogP contribution in [0.5, 0.6) is 0 Å². The molecule has 0 saturated heterocycles. The summed E-state index contributed by atoms with van der Waals surface area (Å²) in [6, 6.07) is 16.2. The van der Waals surface area contributed by atoms with Crippen LogP contribution in [-0.4, -0.2) is 24.9 Å². The fourth-order valence-corrected chi connectivity index (χ4v) is 3.66. The Kier molecular flexibility index (Phi) is 5.25. The summed E-state index contributed by atoms with van der Waals surface area (Å²) in [6.45, 7) is 4.59. The fraction of sp³-hybridized carbons (Fsp3) is 0.115. The molecular formula is C26H22N6. The maximum Gasteiger partial charge on any atom is 0.135 e. The van der Waals surface area contributed by atoms with Crippen molar-refractivity contribution in [3.63, 3.8) is 0 Å². The molecule has 0 fully saturated rings. The zero-order chi connectivity index (χ0) is 21.9. The molecule has 0 atom stereocenters. The zero-order valence-corrected chi connectivity index (χ0v) is 17.9. The number of hydrogen-bond acceptors (Lipinski definition) is 6. The molecule has 0 aliphatic rings.